The van der Waals surface area contributed by atoms with Gasteiger partial charge in [0.05, 0.1) is 4.92 Å². The predicted octanol–water partition coefficient (Wildman–Crippen LogP) is 1.75. The van der Waals surface area contributed by atoms with Crippen LogP contribution in [0, 0.1) is 10.1 Å². The first-order valence-electron chi connectivity index (χ1n) is 3.69. The van der Waals surface area contributed by atoms with Crippen LogP contribution in [0.2, 0.25) is 0 Å². The van der Waals surface area contributed by atoms with Crippen molar-refractivity contribution in [2.45, 2.75) is 6.92 Å². The van der Waals surface area contributed by atoms with Gasteiger partial charge in [-0.1, -0.05) is 24.8 Å². The molecule has 0 fully saturated rings. The summed E-state index contributed by atoms with van der Waals surface area (Å²) >= 11 is 0. The van der Waals surface area contributed by atoms with Gasteiger partial charge in [-0.2, -0.15) is 0 Å². The fraction of sp³-hybridized carbons (Fsp3) is 0.111. The van der Waals surface area contributed by atoms with Crippen LogP contribution in [0.5, 0.6) is 0 Å². The van der Waals surface area contributed by atoms with Crippen molar-refractivity contribution in [1.29, 1.82) is 0 Å². The Balaban J connectivity index is 4.86. The molecule has 13 heavy (non-hydrogen) atoms. The third-order valence-electron chi connectivity index (χ3n) is 1.24. The zero-order chi connectivity index (χ0) is 10.3. The molecule has 0 aromatic carbocycles. The SMILES string of the molecule is C=C\C=C(/C(N)=C\C=C/C)[N+](=O)[O-]. The first-order valence-corrected chi connectivity index (χ1v) is 3.69. The van der Waals surface area contributed by atoms with Gasteiger partial charge in [-0.3, -0.25) is 10.1 Å². The molecule has 4 heteroatoms. The fourth-order valence-electron chi connectivity index (χ4n) is 0.659. The van der Waals surface area contributed by atoms with Crippen molar-refractivity contribution in [1.82, 2.24) is 0 Å². The van der Waals surface area contributed by atoms with E-state index >= 15 is 0 Å². The monoisotopic (exact) mass is 180 g/mol. The Morgan fingerprint density at radius 2 is 2.15 bits per heavy atom. The van der Waals surface area contributed by atoms with E-state index in [1.807, 2.05) is 0 Å². The van der Waals surface area contributed by atoms with Crippen molar-refractivity contribution < 1.29 is 4.92 Å². The number of nitrogens with two attached hydrogens (primary N) is 1. The third kappa shape index (κ3) is 3.91. The number of allylic oxidation sites excluding steroid dienone is 5. The van der Waals surface area contributed by atoms with Crippen LogP contribution in [0.1, 0.15) is 6.92 Å². The van der Waals surface area contributed by atoms with E-state index in [0.29, 0.717) is 0 Å². The molecule has 0 aliphatic rings. The van der Waals surface area contributed by atoms with Crippen LogP contribution in [0.3, 0.4) is 0 Å². The summed E-state index contributed by atoms with van der Waals surface area (Å²) in [6, 6.07) is 0. The highest BCUT2D eigenvalue weighted by molar-refractivity contribution is 5.28. The van der Waals surface area contributed by atoms with Crippen LogP contribution in [0.15, 0.2) is 48.4 Å². The second-order valence-corrected chi connectivity index (χ2v) is 2.19. The van der Waals surface area contributed by atoms with Gasteiger partial charge in [0.2, 0.25) is 0 Å². The Bertz CT molecular complexity index is 288. The predicted molar refractivity (Wildman–Crippen MR) is 52.4 cm³/mol. The summed E-state index contributed by atoms with van der Waals surface area (Å²) in [5.41, 5.74) is 5.41. The minimum atomic E-state index is -0.545. The fourth-order valence-corrected chi connectivity index (χ4v) is 0.659. The molecule has 0 aromatic heterocycles. The highest BCUT2D eigenvalue weighted by Crippen LogP contribution is 2.04. The molecule has 0 saturated carbocycles. The molecular formula is C9H12N2O2. The summed E-state index contributed by atoms with van der Waals surface area (Å²) in [7, 11) is 0. The van der Waals surface area contributed by atoms with E-state index in [9.17, 15) is 10.1 Å². The summed E-state index contributed by atoms with van der Waals surface area (Å²) in [4.78, 5) is 9.89. The molecule has 0 aromatic rings. The molecule has 0 spiro atoms. The molecule has 70 valence electrons. The van der Waals surface area contributed by atoms with E-state index in [1.165, 1.54) is 18.2 Å². The average molecular weight is 180 g/mol. The van der Waals surface area contributed by atoms with Crippen LogP contribution >= 0.6 is 0 Å². The smallest absolute Gasteiger partial charge is 0.292 e. The van der Waals surface area contributed by atoms with Crippen LogP contribution in [0.4, 0.5) is 0 Å². The maximum Gasteiger partial charge on any atom is 0.292 e. The lowest BCUT2D eigenvalue weighted by atomic mass is 10.3. The van der Waals surface area contributed by atoms with Crippen LogP contribution in [0.25, 0.3) is 0 Å². The molecule has 0 rings (SSSR count). The van der Waals surface area contributed by atoms with Gasteiger partial charge in [0.1, 0.15) is 5.70 Å². The van der Waals surface area contributed by atoms with Gasteiger partial charge in [-0.05, 0) is 13.0 Å². The zero-order valence-electron chi connectivity index (χ0n) is 7.43. The summed E-state index contributed by atoms with van der Waals surface area (Å²) in [5, 5.41) is 10.4. The maximum absolute atomic E-state index is 10.4. The van der Waals surface area contributed by atoms with Gasteiger partial charge < -0.3 is 5.73 Å². The van der Waals surface area contributed by atoms with E-state index in [4.69, 9.17) is 5.73 Å². The second-order valence-electron chi connectivity index (χ2n) is 2.19. The summed E-state index contributed by atoms with van der Waals surface area (Å²) in [5.74, 6) is 0. The maximum atomic E-state index is 10.4. The molecule has 2 N–H and O–H groups in total. The van der Waals surface area contributed by atoms with Crippen LogP contribution in [-0.2, 0) is 0 Å². The van der Waals surface area contributed by atoms with Gasteiger partial charge in [0, 0.05) is 6.08 Å². The van der Waals surface area contributed by atoms with E-state index in [0.717, 1.165) is 0 Å². The topological polar surface area (TPSA) is 69.2 Å². The zero-order valence-corrected chi connectivity index (χ0v) is 7.43. The normalized spacial score (nSPS) is 13.3. The third-order valence-corrected chi connectivity index (χ3v) is 1.24. The van der Waals surface area contributed by atoms with Crippen molar-refractivity contribution in [2.75, 3.05) is 0 Å². The highest BCUT2D eigenvalue weighted by atomic mass is 16.6. The van der Waals surface area contributed by atoms with Gasteiger partial charge in [0.15, 0.2) is 0 Å². The molecular weight excluding hydrogens is 168 g/mol. The number of hydrogen-bond acceptors (Lipinski definition) is 3. The molecule has 0 unspecified atom stereocenters. The van der Waals surface area contributed by atoms with Gasteiger partial charge in [0.25, 0.3) is 5.70 Å². The first kappa shape index (κ1) is 11.2. The molecule has 0 heterocycles. The van der Waals surface area contributed by atoms with E-state index in [-0.39, 0.29) is 11.4 Å². The van der Waals surface area contributed by atoms with Crippen molar-refractivity contribution in [3.63, 3.8) is 0 Å². The minimum Gasteiger partial charge on any atom is -0.393 e. The molecule has 0 aliphatic heterocycles. The Kier molecular flexibility index (Phi) is 4.95. The number of rotatable bonds is 4. The van der Waals surface area contributed by atoms with Gasteiger partial charge >= 0.3 is 0 Å². The van der Waals surface area contributed by atoms with Crippen molar-refractivity contribution in [3.8, 4) is 0 Å². The van der Waals surface area contributed by atoms with E-state index in [1.54, 1.807) is 19.1 Å². The molecule has 4 nitrogen and oxygen atoms in total. The Labute approximate surface area is 76.9 Å². The highest BCUT2D eigenvalue weighted by Gasteiger charge is 2.11. The van der Waals surface area contributed by atoms with Crippen molar-refractivity contribution in [3.05, 3.63) is 58.5 Å². The molecule has 0 amide bonds. The quantitative estimate of drug-likeness (QED) is 0.407. The molecule has 0 radical (unpaired) electrons. The average Bonchev–Trinajstić information content (AvgIpc) is 2.09. The number of nitrogens with zero attached hydrogens (tertiary/aromatic N) is 1. The summed E-state index contributed by atoms with van der Waals surface area (Å²) in [6.45, 7) is 5.16. The van der Waals surface area contributed by atoms with Crippen molar-refractivity contribution >= 4 is 0 Å². The molecule has 0 bridgehead atoms. The molecule has 0 atom stereocenters. The summed E-state index contributed by atoms with van der Waals surface area (Å²) in [6.07, 6.45) is 7.43. The van der Waals surface area contributed by atoms with Gasteiger partial charge in [-0.25, -0.2) is 0 Å². The lowest BCUT2D eigenvalue weighted by Crippen LogP contribution is -2.08. The Morgan fingerprint density at radius 3 is 2.54 bits per heavy atom. The largest absolute Gasteiger partial charge is 0.393 e. The number of hydrogen-bond donors (Lipinski definition) is 1. The van der Waals surface area contributed by atoms with Crippen LogP contribution < -0.4 is 5.73 Å². The standard InChI is InChI=1S/C9H12N2O2/c1-3-5-7-8(10)9(6-4-2)11(12)13/h3-7H,2,10H2,1H3/b5-3-,8-7+,9-6+. The first-order chi connectivity index (χ1) is 6.13. The van der Waals surface area contributed by atoms with Crippen molar-refractivity contribution in [2.24, 2.45) is 5.73 Å². The molecule has 0 saturated heterocycles. The Morgan fingerprint density at radius 1 is 1.54 bits per heavy atom. The van der Waals surface area contributed by atoms with E-state index in [2.05, 4.69) is 6.58 Å². The molecule has 0 aliphatic carbocycles. The van der Waals surface area contributed by atoms with Gasteiger partial charge in [-0.15, -0.1) is 0 Å². The second kappa shape index (κ2) is 5.77. The lowest BCUT2D eigenvalue weighted by molar-refractivity contribution is -0.420. The minimum absolute atomic E-state index is 0.114. The Hall–Kier alpha value is -1.84. The van der Waals surface area contributed by atoms with E-state index < -0.39 is 4.92 Å². The lowest BCUT2D eigenvalue weighted by Gasteiger charge is -1.95. The van der Waals surface area contributed by atoms with Crippen LogP contribution in [-0.4, -0.2) is 4.92 Å². The number of nitro groups is 1. The summed E-state index contributed by atoms with van der Waals surface area (Å²) < 4.78 is 0.